The number of H-pyrrole nitrogens is 1. The summed E-state index contributed by atoms with van der Waals surface area (Å²) in [6.45, 7) is 6.69. The predicted molar refractivity (Wildman–Crippen MR) is 288 cm³/mol. The van der Waals surface area contributed by atoms with Crippen LogP contribution in [0.4, 0.5) is 37.2 Å². The molecule has 1 saturated carbocycles. The number of aromatic amines is 1. The van der Waals surface area contributed by atoms with Crippen molar-refractivity contribution in [3.8, 4) is 5.88 Å². The molecule has 0 unspecified atom stereocenters. The third kappa shape index (κ3) is 10.3. The maximum Gasteiger partial charge on any atom is 0.293 e. The molecule has 2 aromatic heterocycles. The molecule has 77 heavy (non-hydrogen) atoms. The van der Waals surface area contributed by atoms with Crippen molar-refractivity contribution in [2.75, 3.05) is 80.8 Å². The lowest BCUT2D eigenvalue weighted by Gasteiger charge is -2.58. The number of rotatable bonds is 13. The molecule has 3 N–H and O–H groups in total. The van der Waals surface area contributed by atoms with Crippen molar-refractivity contribution in [3.05, 3.63) is 141 Å². The van der Waals surface area contributed by atoms with Gasteiger partial charge in [0.05, 0.1) is 33.7 Å². The van der Waals surface area contributed by atoms with Gasteiger partial charge in [0.15, 0.2) is 11.6 Å². The Labute approximate surface area is 450 Å². The predicted octanol–water partition coefficient (Wildman–Crippen LogP) is 9.36. The Morgan fingerprint density at radius 3 is 2.49 bits per heavy atom. The van der Waals surface area contributed by atoms with E-state index in [4.69, 9.17) is 30.8 Å². The molecule has 4 aromatic carbocycles. The van der Waals surface area contributed by atoms with Gasteiger partial charge in [-0.2, -0.15) is 4.98 Å². The number of fused-ring (bicyclic) bond motifs is 3. The molecule has 1 spiro atoms. The second kappa shape index (κ2) is 21.1. The summed E-state index contributed by atoms with van der Waals surface area (Å²) in [6, 6.07) is 25.1. The number of nitrogens with zero attached hydrogens (tertiary/aromatic N) is 6. The lowest BCUT2D eigenvalue weighted by molar-refractivity contribution is -0.384. The molecule has 3 atom stereocenters. The summed E-state index contributed by atoms with van der Waals surface area (Å²) in [4.78, 5) is 43.3. The molecule has 6 aliphatic rings. The summed E-state index contributed by atoms with van der Waals surface area (Å²) in [5.74, 6) is -2.01. The van der Waals surface area contributed by atoms with Crippen LogP contribution in [-0.2, 0) is 26.0 Å². The van der Waals surface area contributed by atoms with Crippen molar-refractivity contribution in [2.45, 2.75) is 80.6 Å². The minimum atomic E-state index is -4.64. The number of benzene rings is 4. The Hall–Kier alpha value is -6.42. The van der Waals surface area contributed by atoms with Gasteiger partial charge in [-0.15, -0.1) is 0 Å². The fraction of sp³-hybridized carbons (Fsp3) is 0.429. The van der Waals surface area contributed by atoms with Crippen LogP contribution in [0.2, 0.25) is 5.02 Å². The van der Waals surface area contributed by atoms with Crippen LogP contribution in [0.25, 0.3) is 11.0 Å². The molecule has 0 radical (unpaired) electrons. The van der Waals surface area contributed by atoms with Crippen LogP contribution in [0, 0.1) is 33.1 Å². The summed E-state index contributed by atoms with van der Waals surface area (Å²) in [5, 5.41) is 17.0. The van der Waals surface area contributed by atoms with Gasteiger partial charge in [-0.1, -0.05) is 35.9 Å². The normalized spacial score (nSPS) is 22.2. The molecule has 4 saturated heterocycles. The maximum atomic E-state index is 14.7. The molecule has 12 rings (SSSR count). The van der Waals surface area contributed by atoms with E-state index in [-0.39, 0.29) is 41.3 Å². The van der Waals surface area contributed by atoms with Crippen LogP contribution in [0.5, 0.6) is 5.88 Å². The Morgan fingerprint density at radius 2 is 1.70 bits per heavy atom. The maximum absolute atomic E-state index is 14.7. The molecule has 1 aliphatic carbocycles. The van der Waals surface area contributed by atoms with E-state index in [2.05, 4.69) is 40.7 Å². The number of carbonyl (C=O) groups excluding carboxylic acids is 1. The van der Waals surface area contributed by atoms with Crippen LogP contribution in [0.3, 0.4) is 0 Å². The average Bonchev–Trinajstić information content (AvgIpc) is 3.97. The first kappa shape index (κ1) is 51.3. The number of anilines is 4. The number of nitro benzene ring substituents is 1. The highest BCUT2D eigenvalue weighted by Gasteiger charge is 2.50. The molecule has 6 aromatic rings. The summed E-state index contributed by atoms with van der Waals surface area (Å²) in [7, 11) is -4.64. The third-order valence-electron chi connectivity index (χ3n) is 16.9. The molecule has 1 amide bonds. The van der Waals surface area contributed by atoms with Gasteiger partial charge in [0.25, 0.3) is 21.6 Å². The van der Waals surface area contributed by atoms with Gasteiger partial charge in [0.2, 0.25) is 5.88 Å². The molecule has 7 heterocycles. The van der Waals surface area contributed by atoms with Crippen LogP contribution in [0.1, 0.15) is 72.5 Å². The molecule has 404 valence electrons. The van der Waals surface area contributed by atoms with E-state index in [0.717, 1.165) is 93.0 Å². The SMILES string of the molecule is O=C(NS(=O)(=O)c1ccc(NCC2CCOCC2)c([N+](=O)[O-])c1)c1ccc(N2CCC3(CC2)CC(N2CCN(Cc4ccc(F)c(F)c4)C[C@H]2c2ccccc2Cl)C3)cc1N1c2cc3cc[nH]c3nc2O[C@H]2COCC[C@@H]21. The van der Waals surface area contributed by atoms with Gasteiger partial charge in [-0.05, 0) is 128 Å². The van der Waals surface area contributed by atoms with E-state index in [1.54, 1.807) is 18.3 Å². The van der Waals surface area contributed by atoms with Gasteiger partial charge >= 0.3 is 0 Å². The number of piperidine rings is 1. The van der Waals surface area contributed by atoms with Gasteiger partial charge in [-0.3, -0.25) is 24.7 Å². The number of nitro groups is 1. The number of ether oxygens (including phenoxy) is 3. The Balaban J connectivity index is 0.802. The zero-order valence-corrected chi connectivity index (χ0v) is 43.9. The Bertz CT molecular complexity index is 3330. The number of hydrogen-bond acceptors (Lipinski definition) is 14. The number of hydrogen-bond donors (Lipinski definition) is 3. The largest absolute Gasteiger partial charge is 0.468 e. The number of pyridine rings is 1. The van der Waals surface area contributed by atoms with Crippen molar-refractivity contribution in [1.82, 2.24) is 24.5 Å². The smallest absolute Gasteiger partial charge is 0.293 e. The Morgan fingerprint density at radius 1 is 0.896 bits per heavy atom. The van der Waals surface area contributed by atoms with Crippen LogP contribution in [0.15, 0.2) is 102 Å². The first-order chi connectivity index (χ1) is 37.3. The summed E-state index contributed by atoms with van der Waals surface area (Å²) >= 11 is 6.88. The minimum Gasteiger partial charge on any atom is -0.468 e. The van der Waals surface area contributed by atoms with Gasteiger partial charge in [0.1, 0.15) is 23.1 Å². The quantitative estimate of drug-likeness (QED) is 0.0733. The second-order valence-corrected chi connectivity index (χ2v) is 23.6. The van der Waals surface area contributed by atoms with Gasteiger partial charge < -0.3 is 34.3 Å². The summed E-state index contributed by atoms with van der Waals surface area (Å²) < 4.78 is 76.5. The van der Waals surface area contributed by atoms with E-state index >= 15 is 0 Å². The van der Waals surface area contributed by atoms with E-state index in [1.165, 1.54) is 24.3 Å². The molecular formula is C56H60ClF2N9O8S. The first-order valence-corrected chi connectivity index (χ1v) is 28.4. The van der Waals surface area contributed by atoms with Crippen molar-refractivity contribution >= 4 is 67.0 Å². The number of nitrogens with one attached hydrogen (secondary N) is 3. The number of aromatic nitrogens is 2. The van der Waals surface area contributed by atoms with Crippen LogP contribution in [-0.4, -0.2) is 123 Å². The number of sulfonamides is 1. The number of piperazine rings is 1. The van der Waals surface area contributed by atoms with E-state index < -0.39 is 49.2 Å². The zero-order valence-electron chi connectivity index (χ0n) is 42.3. The Kier molecular flexibility index (Phi) is 14.1. The lowest BCUT2D eigenvalue weighted by Crippen LogP contribution is -2.59. The highest BCUT2D eigenvalue weighted by molar-refractivity contribution is 7.90. The number of amides is 1. The topological polar surface area (TPSA) is 188 Å². The molecule has 5 aliphatic heterocycles. The molecule has 17 nitrogen and oxygen atoms in total. The zero-order chi connectivity index (χ0) is 53.0. The van der Waals surface area contributed by atoms with Crippen molar-refractivity contribution in [2.24, 2.45) is 11.3 Å². The highest BCUT2D eigenvalue weighted by atomic mass is 35.5. The third-order valence-corrected chi connectivity index (χ3v) is 18.5. The molecular weight excluding hydrogens is 1030 g/mol. The summed E-state index contributed by atoms with van der Waals surface area (Å²) in [5.41, 5.74) is 4.33. The van der Waals surface area contributed by atoms with Gasteiger partial charge in [0, 0.05) is 106 Å². The van der Waals surface area contributed by atoms with E-state index in [0.29, 0.717) is 79.8 Å². The van der Waals surface area contributed by atoms with Crippen molar-refractivity contribution in [1.29, 1.82) is 0 Å². The van der Waals surface area contributed by atoms with Crippen LogP contribution >= 0.6 is 11.6 Å². The average molecular weight is 1090 g/mol. The summed E-state index contributed by atoms with van der Waals surface area (Å²) in [6.07, 6.45) is 7.44. The van der Waals surface area contributed by atoms with E-state index in [9.17, 15) is 32.1 Å². The first-order valence-electron chi connectivity index (χ1n) is 26.5. The minimum absolute atomic E-state index is 0.0205. The highest BCUT2D eigenvalue weighted by Crippen LogP contribution is 2.54. The standard InChI is InChI=1S/C56H60ClF2N9O8S/c57-43-4-2-1-3-41(43)51-33-64(32-36-5-9-44(58)45(59)25-36)20-21-66(51)39-29-56(30-39)15-18-65(19-16-56)38-6-8-42(48(27-38)67-47-14-24-75-34-52(47)76-55-50(67)26-37-11-17-60-53(37)62-55)54(69)63-77(72,73)40-7-10-46(49(28-40)68(70)71)61-31-35-12-22-74-23-13-35/h1-11,17,25-28,35,39,47,51-52,61H,12-16,18-24,29-34H2,(H,60,62)(H,63,69)/t47-,51-,52-/m0/s1. The second-order valence-electron chi connectivity index (χ2n) is 21.5. The molecule has 0 bridgehead atoms. The van der Waals surface area contributed by atoms with Crippen LogP contribution < -0.4 is 24.6 Å². The van der Waals surface area contributed by atoms with Gasteiger partial charge in [-0.25, -0.2) is 21.9 Å². The molecule has 5 fully saturated rings. The lowest BCUT2D eigenvalue weighted by atomic mass is 9.59. The number of carbonyl (C=O) groups is 1. The fourth-order valence-electron chi connectivity index (χ4n) is 12.7. The van der Waals surface area contributed by atoms with E-state index in [1.807, 2.05) is 42.5 Å². The molecule has 21 heteroatoms. The fourth-order valence-corrected chi connectivity index (χ4v) is 13.9. The van der Waals surface area contributed by atoms with Crippen molar-refractivity contribution < 1.29 is 41.1 Å². The monoisotopic (exact) mass is 1090 g/mol. The number of halogens is 3. The van der Waals surface area contributed by atoms with Crippen molar-refractivity contribution in [3.63, 3.8) is 0 Å².